The lowest BCUT2D eigenvalue weighted by atomic mass is 9.98. The number of ether oxygens (including phenoxy) is 3. The molecule has 0 radical (unpaired) electrons. The van der Waals surface area contributed by atoms with Crippen LogP contribution < -0.4 is 10.6 Å². The van der Waals surface area contributed by atoms with E-state index in [0.29, 0.717) is 13.0 Å². The number of nitrogens with one attached hydrogen (secondary N) is 2. The number of carboxylic acids is 1. The third-order valence-corrected chi connectivity index (χ3v) is 5.57. The second-order valence-electron chi connectivity index (χ2n) is 7.90. The van der Waals surface area contributed by atoms with E-state index in [9.17, 15) is 19.5 Å². The minimum atomic E-state index is -1.11. The Morgan fingerprint density at radius 2 is 1.65 bits per heavy atom. The number of fused-ring (bicyclic) bond motifs is 3. The van der Waals surface area contributed by atoms with E-state index in [0.717, 1.165) is 22.3 Å². The van der Waals surface area contributed by atoms with Crippen molar-refractivity contribution in [3.05, 3.63) is 59.7 Å². The molecule has 2 amide bonds. The average Bonchev–Trinajstić information content (AvgIpc) is 3.15. The highest BCUT2D eigenvalue weighted by molar-refractivity contribution is 5.84. The Hall–Kier alpha value is -3.43. The maximum atomic E-state index is 12.1. The number of hydrogen-bond donors (Lipinski definition) is 3. The van der Waals surface area contributed by atoms with Crippen LogP contribution in [0.4, 0.5) is 4.79 Å². The van der Waals surface area contributed by atoms with Gasteiger partial charge in [0.15, 0.2) is 0 Å². The first-order chi connectivity index (χ1) is 16.5. The predicted octanol–water partition coefficient (Wildman–Crippen LogP) is 2.54. The molecule has 0 spiro atoms. The Morgan fingerprint density at radius 1 is 1.00 bits per heavy atom. The number of carbonyl (C=O) groups excluding carboxylic acids is 2. The van der Waals surface area contributed by atoms with Gasteiger partial charge in [-0.25, -0.2) is 9.59 Å². The summed E-state index contributed by atoms with van der Waals surface area (Å²) in [7, 11) is 1.53. The number of methoxy groups -OCH3 is 1. The molecule has 9 nitrogen and oxygen atoms in total. The zero-order valence-electron chi connectivity index (χ0n) is 19.1. The van der Waals surface area contributed by atoms with E-state index in [-0.39, 0.29) is 38.7 Å². The quantitative estimate of drug-likeness (QED) is 0.385. The minimum absolute atomic E-state index is 0.0239. The SMILES string of the molecule is COCCCC(NC(=O)COCCNC(=O)OCC1c2ccccc2-c2ccccc21)C(=O)O. The first-order valence-electron chi connectivity index (χ1n) is 11.2. The number of carbonyl (C=O) groups is 3. The molecule has 1 aliphatic rings. The molecule has 0 aliphatic heterocycles. The third kappa shape index (κ3) is 6.79. The van der Waals surface area contributed by atoms with E-state index in [1.54, 1.807) is 0 Å². The highest BCUT2D eigenvalue weighted by atomic mass is 16.5. The molecule has 182 valence electrons. The fourth-order valence-electron chi connectivity index (χ4n) is 3.96. The molecule has 34 heavy (non-hydrogen) atoms. The summed E-state index contributed by atoms with van der Waals surface area (Å²) in [5, 5.41) is 14.2. The van der Waals surface area contributed by atoms with Crippen LogP contribution in [0.15, 0.2) is 48.5 Å². The van der Waals surface area contributed by atoms with Gasteiger partial charge in [0.2, 0.25) is 5.91 Å². The van der Waals surface area contributed by atoms with Crippen LogP contribution in [0, 0.1) is 0 Å². The van der Waals surface area contributed by atoms with Gasteiger partial charge in [0, 0.05) is 26.2 Å². The number of aliphatic carboxylic acids is 1. The number of benzene rings is 2. The Balaban J connectivity index is 1.35. The Kier molecular flexibility index (Phi) is 9.42. The first-order valence-corrected chi connectivity index (χ1v) is 11.2. The Labute approximate surface area is 198 Å². The second kappa shape index (κ2) is 12.7. The summed E-state index contributed by atoms with van der Waals surface area (Å²) in [6.45, 7) is 0.556. The van der Waals surface area contributed by atoms with E-state index >= 15 is 0 Å². The number of amides is 2. The lowest BCUT2D eigenvalue weighted by Crippen LogP contribution is -2.42. The third-order valence-electron chi connectivity index (χ3n) is 5.57. The fourth-order valence-corrected chi connectivity index (χ4v) is 3.96. The van der Waals surface area contributed by atoms with Gasteiger partial charge in [0.05, 0.1) is 6.61 Å². The van der Waals surface area contributed by atoms with Crippen molar-refractivity contribution in [1.82, 2.24) is 10.6 Å². The monoisotopic (exact) mass is 470 g/mol. The van der Waals surface area contributed by atoms with Crippen molar-refractivity contribution in [1.29, 1.82) is 0 Å². The molecule has 2 aromatic carbocycles. The molecule has 0 heterocycles. The van der Waals surface area contributed by atoms with Crippen molar-refractivity contribution in [3.63, 3.8) is 0 Å². The van der Waals surface area contributed by atoms with Gasteiger partial charge < -0.3 is 30.0 Å². The molecule has 1 aliphatic carbocycles. The number of hydrogen-bond acceptors (Lipinski definition) is 6. The molecule has 3 rings (SSSR count). The fraction of sp³-hybridized carbons (Fsp3) is 0.400. The van der Waals surface area contributed by atoms with Crippen LogP contribution in [0.1, 0.15) is 29.9 Å². The summed E-state index contributed by atoms with van der Waals surface area (Å²) in [6.07, 6.45) is 0.204. The van der Waals surface area contributed by atoms with Crippen molar-refractivity contribution in [3.8, 4) is 11.1 Å². The number of alkyl carbamates (subject to hydrolysis) is 1. The lowest BCUT2D eigenvalue weighted by Gasteiger charge is -2.15. The smallest absolute Gasteiger partial charge is 0.407 e. The van der Waals surface area contributed by atoms with Crippen LogP contribution >= 0.6 is 0 Å². The van der Waals surface area contributed by atoms with Gasteiger partial charge in [0.1, 0.15) is 19.3 Å². The molecule has 0 aromatic heterocycles. The average molecular weight is 471 g/mol. The minimum Gasteiger partial charge on any atom is -0.480 e. The van der Waals surface area contributed by atoms with Crippen molar-refractivity contribution in [2.75, 3.05) is 40.1 Å². The van der Waals surface area contributed by atoms with E-state index in [1.807, 2.05) is 36.4 Å². The van der Waals surface area contributed by atoms with Crippen LogP contribution in [0.5, 0.6) is 0 Å². The summed E-state index contributed by atoms with van der Waals surface area (Å²) in [5.74, 6) is -1.67. The van der Waals surface area contributed by atoms with Gasteiger partial charge in [-0.1, -0.05) is 48.5 Å². The summed E-state index contributed by atoms with van der Waals surface area (Å²) in [4.78, 5) is 35.2. The van der Waals surface area contributed by atoms with Crippen molar-refractivity contribution < 1.29 is 33.7 Å². The molecule has 3 N–H and O–H groups in total. The molecule has 0 saturated carbocycles. The zero-order chi connectivity index (χ0) is 24.3. The second-order valence-corrected chi connectivity index (χ2v) is 7.90. The highest BCUT2D eigenvalue weighted by Gasteiger charge is 2.29. The van der Waals surface area contributed by atoms with Crippen LogP contribution in [0.3, 0.4) is 0 Å². The number of rotatable bonds is 13. The Bertz CT molecular complexity index is 949. The normalized spacial score (nSPS) is 13.0. The van der Waals surface area contributed by atoms with E-state index in [2.05, 4.69) is 22.8 Å². The maximum Gasteiger partial charge on any atom is 0.407 e. The molecule has 9 heteroatoms. The van der Waals surface area contributed by atoms with Gasteiger partial charge in [-0.05, 0) is 35.1 Å². The maximum absolute atomic E-state index is 12.1. The van der Waals surface area contributed by atoms with Gasteiger partial charge in [-0.15, -0.1) is 0 Å². The van der Waals surface area contributed by atoms with E-state index in [1.165, 1.54) is 7.11 Å². The van der Waals surface area contributed by atoms with E-state index < -0.39 is 24.0 Å². The van der Waals surface area contributed by atoms with Gasteiger partial charge >= 0.3 is 12.1 Å². The molecule has 2 aromatic rings. The van der Waals surface area contributed by atoms with Gasteiger partial charge in [-0.2, -0.15) is 0 Å². The molecule has 1 atom stereocenters. The lowest BCUT2D eigenvalue weighted by molar-refractivity contribution is -0.142. The highest BCUT2D eigenvalue weighted by Crippen LogP contribution is 2.44. The predicted molar refractivity (Wildman–Crippen MR) is 125 cm³/mol. The van der Waals surface area contributed by atoms with Crippen molar-refractivity contribution >= 4 is 18.0 Å². The van der Waals surface area contributed by atoms with Crippen LogP contribution in [-0.4, -0.2) is 69.2 Å². The summed E-state index contributed by atoms with van der Waals surface area (Å²) < 4.78 is 15.5. The molecule has 0 fully saturated rings. The summed E-state index contributed by atoms with van der Waals surface area (Å²) in [6, 6.07) is 15.2. The first kappa shape index (κ1) is 25.2. The van der Waals surface area contributed by atoms with Gasteiger partial charge in [0.25, 0.3) is 0 Å². The van der Waals surface area contributed by atoms with Crippen molar-refractivity contribution in [2.45, 2.75) is 24.8 Å². The molecular weight excluding hydrogens is 440 g/mol. The topological polar surface area (TPSA) is 123 Å². The molecule has 1 unspecified atom stereocenters. The van der Waals surface area contributed by atoms with E-state index in [4.69, 9.17) is 14.2 Å². The molecule has 0 saturated heterocycles. The standard InChI is InChI=1S/C25H30N2O7/c1-32-13-6-11-22(24(29)30)27-23(28)16-33-14-12-26-25(31)34-15-21-19-9-4-2-7-17(19)18-8-3-5-10-20(18)21/h2-5,7-10,21-22H,6,11-16H2,1H3,(H,26,31)(H,27,28)(H,29,30). The molecular formula is C25H30N2O7. The van der Waals surface area contributed by atoms with Crippen molar-refractivity contribution in [2.24, 2.45) is 0 Å². The van der Waals surface area contributed by atoms with Crippen LogP contribution in [0.2, 0.25) is 0 Å². The zero-order valence-corrected chi connectivity index (χ0v) is 19.1. The Morgan fingerprint density at radius 3 is 2.26 bits per heavy atom. The molecule has 0 bridgehead atoms. The van der Waals surface area contributed by atoms with Crippen LogP contribution in [0.25, 0.3) is 11.1 Å². The number of carboxylic acid groups (broad SMARTS) is 1. The van der Waals surface area contributed by atoms with Gasteiger partial charge in [-0.3, -0.25) is 4.79 Å². The largest absolute Gasteiger partial charge is 0.480 e. The summed E-state index contributed by atoms with van der Waals surface area (Å²) >= 11 is 0. The van der Waals surface area contributed by atoms with Crippen LogP contribution in [-0.2, 0) is 23.8 Å². The summed E-state index contributed by atoms with van der Waals surface area (Å²) in [5.41, 5.74) is 4.57.